The van der Waals surface area contributed by atoms with E-state index < -0.39 is 0 Å². The molecule has 3 heteroatoms. The van der Waals surface area contributed by atoms with E-state index in [0.29, 0.717) is 17.3 Å². The van der Waals surface area contributed by atoms with Crippen LogP contribution < -0.4 is 4.90 Å². The third-order valence-electron chi connectivity index (χ3n) is 2.64. The summed E-state index contributed by atoms with van der Waals surface area (Å²) in [5, 5.41) is 0. The fourth-order valence-electron chi connectivity index (χ4n) is 2.02. The Morgan fingerprint density at radius 2 is 2.00 bits per heavy atom. The van der Waals surface area contributed by atoms with Crippen molar-refractivity contribution >= 4 is 12.0 Å². The van der Waals surface area contributed by atoms with Gasteiger partial charge in [0.25, 0.3) is 0 Å². The minimum Gasteiger partial charge on any atom is -0.370 e. The third-order valence-corrected chi connectivity index (χ3v) is 2.64. The molecule has 1 aliphatic heterocycles. The highest BCUT2D eigenvalue weighted by Crippen LogP contribution is 2.33. The summed E-state index contributed by atoms with van der Waals surface area (Å²) in [4.78, 5) is 12.7. The molecule has 0 aliphatic carbocycles. The van der Waals surface area contributed by atoms with Gasteiger partial charge in [0.1, 0.15) is 12.1 Å². The van der Waals surface area contributed by atoms with Gasteiger partial charge in [-0.1, -0.05) is 13.8 Å². The smallest absolute Gasteiger partial charge is 0.150 e. The highest BCUT2D eigenvalue weighted by atomic mass is 19.1. The second-order valence-electron chi connectivity index (χ2n) is 4.88. The van der Waals surface area contributed by atoms with E-state index in [1.807, 2.05) is 0 Å². The van der Waals surface area contributed by atoms with Crippen molar-refractivity contribution in [2.75, 3.05) is 18.0 Å². The monoisotopic (exact) mass is 207 g/mol. The van der Waals surface area contributed by atoms with Gasteiger partial charge < -0.3 is 4.90 Å². The Hall–Kier alpha value is -1.38. The van der Waals surface area contributed by atoms with Crippen LogP contribution in [0.5, 0.6) is 0 Å². The molecule has 1 heterocycles. The Morgan fingerprint density at radius 3 is 2.53 bits per heavy atom. The molecule has 2 nitrogen and oxygen atoms in total. The van der Waals surface area contributed by atoms with Crippen LogP contribution >= 0.6 is 0 Å². The molecule has 0 radical (unpaired) electrons. The molecule has 0 amide bonds. The maximum Gasteiger partial charge on any atom is 0.150 e. The van der Waals surface area contributed by atoms with E-state index in [1.54, 1.807) is 6.07 Å². The Balaban J connectivity index is 2.22. The minimum absolute atomic E-state index is 0.299. The van der Waals surface area contributed by atoms with Crippen molar-refractivity contribution in [1.29, 1.82) is 0 Å². The summed E-state index contributed by atoms with van der Waals surface area (Å²) in [6.45, 7) is 6.16. The van der Waals surface area contributed by atoms with Crippen molar-refractivity contribution in [3.63, 3.8) is 0 Å². The molecule has 1 aromatic rings. The number of benzene rings is 1. The molecule has 0 atom stereocenters. The summed E-state index contributed by atoms with van der Waals surface area (Å²) in [5.74, 6) is -0.348. The molecule has 0 saturated carbocycles. The van der Waals surface area contributed by atoms with Gasteiger partial charge in [0, 0.05) is 24.3 Å². The first-order valence-corrected chi connectivity index (χ1v) is 5.01. The van der Waals surface area contributed by atoms with Gasteiger partial charge in [0.15, 0.2) is 0 Å². The van der Waals surface area contributed by atoms with Crippen LogP contribution in [0.4, 0.5) is 10.1 Å². The van der Waals surface area contributed by atoms with Crippen molar-refractivity contribution < 1.29 is 9.18 Å². The summed E-state index contributed by atoms with van der Waals surface area (Å²) >= 11 is 0. The minimum atomic E-state index is -0.348. The van der Waals surface area contributed by atoms with Gasteiger partial charge >= 0.3 is 0 Å². The number of carbonyl (C=O) groups excluding carboxylic acids is 1. The predicted octanol–water partition coefficient (Wildman–Crippen LogP) is 2.48. The summed E-state index contributed by atoms with van der Waals surface area (Å²) in [5.41, 5.74) is 1.50. The third kappa shape index (κ3) is 2.01. The molecule has 80 valence electrons. The Bertz CT molecular complexity index is 393. The molecule has 0 N–H and O–H groups in total. The number of hydrogen-bond donors (Lipinski definition) is 0. The van der Waals surface area contributed by atoms with Gasteiger partial charge in [0.2, 0.25) is 0 Å². The summed E-state index contributed by atoms with van der Waals surface area (Å²) in [7, 11) is 0. The summed E-state index contributed by atoms with van der Waals surface area (Å²) in [6, 6.07) is 4.45. The molecular weight excluding hydrogens is 193 g/mol. The fraction of sp³-hybridized carbons (Fsp3) is 0.417. The largest absolute Gasteiger partial charge is 0.370 e. The molecule has 1 fully saturated rings. The summed E-state index contributed by atoms with van der Waals surface area (Å²) < 4.78 is 13.1. The Labute approximate surface area is 88.7 Å². The van der Waals surface area contributed by atoms with Crippen LogP contribution in [0.15, 0.2) is 18.2 Å². The fourth-order valence-corrected chi connectivity index (χ4v) is 2.02. The zero-order valence-corrected chi connectivity index (χ0v) is 8.96. The van der Waals surface area contributed by atoms with Gasteiger partial charge in [-0.25, -0.2) is 4.39 Å². The summed E-state index contributed by atoms with van der Waals surface area (Å²) in [6.07, 6.45) is 0.678. The van der Waals surface area contributed by atoms with E-state index in [0.717, 1.165) is 18.8 Å². The van der Waals surface area contributed by atoms with Crippen LogP contribution in [0.25, 0.3) is 0 Å². The number of nitrogens with zero attached hydrogens (tertiary/aromatic N) is 1. The predicted molar refractivity (Wildman–Crippen MR) is 57.8 cm³/mol. The van der Waals surface area contributed by atoms with E-state index in [9.17, 15) is 9.18 Å². The number of carbonyl (C=O) groups is 1. The van der Waals surface area contributed by atoms with Crippen LogP contribution in [-0.2, 0) is 0 Å². The van der Waals surface area contributed by atoms with Crippen molar-refractivity contribution in [1.82, 2.24) is 0 Å². The van der Waals surface area contributed by atoms with Gasteiger partial charge in [-0.05, 0) is 23.6 Å². The average Bonchev–Trinajstić information content (AvgIpc) is 2.13. The van der Waals surface area contributed by atoms with Crippen LogP contribution in [-0.4, -0.2) is 19.4 Å². The molecule has 15 heavy (non-hydrogen) atoms. The number of aldehydes is 1. The lowest BCUT2D eigenvalue weighted by Crippen LogP contribution is -2.53. The van der Waals surface area contributed by atoms with E-state index in [1.165, 1.54) is 12.1 Å². The number of halogens is 1. The SMILES string of the molecule is CC1(C)CN(c2cc(F)cc(C=O)c2)C1. The molecule has 1 aliphatic rings. The van der Waals surface area contributed by atoms with E-state index in [4.69, 9.17) is 0 Å². The lowest BCUT2D eigenvalue weighted by molar-refractivity contribution is 0.112. The Kier molecular flexibility index (Phi) is 2.25. The van der Waals surface area contributed by atoms with Crippen molar-refractivity contribution in [3.8, 4) is 0 Å². The van der Waals surface area contributed by atoms with Crippen LogP contribution in [0, 0.1) is 11.2 Å². The first kappa shape index (κ1) is 10.1. The van der Waals surface area contributed by atoms with Gasteiger partial charge in [0.05, 0.1) is 0 Å². The normalized spacial score (nSPS) is 18.5. The molecule has 0 unspecified atom stereocenters. The van der Waals surface area contributed by atoms with Gasteiger partial charge in [-0.15, -0.1) is 0 Å². The maximum absolute atomic E-state index is 13.1. The number of anilines is 1. The molecule has 1 aromatic carbocycles. The molecule has 0 aromatic heterocycles. The zero-order chi connectivity index (χ0) is 11.1. The first-order valence-electron chi connectivity index (χ1n) is 5.01. The molecule has 0 bridgehead atoms. The first-order chi connectivity index (χ1) is 7.00. The zero-order valence-electron chi connectivity index (χ0n) is 8.96. The number of rotatable bonds is 2. The molecular formula is C12H14FNO. The van der Waals surface area contributed by atoms with Crippen LogP contribution in [0.1, 0.15) is 24.2 Å². The molecule has 1 saturated heterocycles. The van der Waals surface area contributed by atoms with E-state index in [-0.39, 0.29) is 5.82 Å². The second-order valence-corrected chi connectivity index (χ2v) is 4.88. The topological polar surface area (TPSA) is 20.3 Å². The quantitative estimate of drug-likeness (QED) is 0.694. The van der Waals surface area contributed by atoms with Crippen molar-refractivity contribution in [3.05, 3.63) is 29.6 Å². The maximum atomic E-state index is 13.1. The van der Waals surface area contributed by atoms with Crippen LogP contribution in [0.2, 0.25) is 0 Å². The van der Waals surface area contributed by atoms with E-state index >= 15 is 0 Å². The van der Waals surface area contributed by atoms with Crippen molar-refractivity contribution in [2.45, 2.75) is 13.8 Å². The number of hydrogen-bond acceptors (Lipinski definition) is 2. The highest BCUT2D eigenvalue weighted by Gasteiger charge is 2.34. The van der Waals surface area contributed by atoms with Gasteiger partial charge in [-0.3, -0.25) is 4.79 Å². The Morgan fingerprint density at radius 1 is 1.33 bits per heavy atom. The standard InChI is InChI=1S/C12H14FNO/c1-12(2)7-14(8-12)11-4-9(6-15)3-10(13)5-11/h3-6H,7-8H2,1-2H3. The lowest BCUT2D eigenvalue weighted by atomic mass is 9.84. The highest BCUT2D eigenvalue weighted by molar-refractivity contribution is 5.77. The van der Waals surface area contributed by atoms with E-state index in [2.05, 4.69) is 18.7 Å². The van der Waals surface area contributed by atoms with Crippen molar-refractivity contribution in [2.24, 2.45) is 5.41 Å². The second kappa shape index (κ2) is 3.33. The molecule has 0 spiro atoms. The van der Waals surface area contributed by atoms with Crippen LogP contribution in [0.3, 0.4) is 0 Å². The lowest BCUT2D eigenvalue weighted by Gasteiger charge is -2.47. The average molecular weight is 207 g/mol. The molecule has 2 rings (SSSR count). The van der Waals surface area contributed by atoms with Gasteiger partial charge in [-0.2, -0.15) is 0 Å².